The molecule has 2 aromatic rings. The molecule has 2 aliphatic heterocycles. The minimum absolute atomic E-state index is 0.0863. The highest BCUT2D eigenvalue weighted by molar-refractivity contribution is 5.99. The lowest BCUT2D eigenvalue weighted by molar-refractivity contribution is 0.0284. The molecule has 4 rings (SSSR count). The van der Waals surface area contributed by atoms with Gasteiger partial charge >= 0.3 is 6.09 Å². The van der Waals surface area contributed by atoms with E-state index in [0.29, 0.717) is 43.4 Å². The maximum absolute atomic E-state index is 13.2. The fourth-order valence-corrected chi connectivity index (χ4v) is 4.50. The molecule has 30 heavy (non-hydrogen) atoms. The number of hydrogen-bond donors (Lipinski definition) is 0. The van der Waals surface area contributed by atoms with Crippen LogP contribution in [0.4, 0.5) is 4.79 Å². The van der Waals surface area contributed by atoms with Crippen LogP contribution < -0.4 is 4.74 Å². The van der Waals surface area contributed by atoms with Gasteiger partial charge in [0.05, 0.1) is 7.11 Å². The Morgan fingerprint density at radius 1 is 1.10 bits per heavy atom. The van der Waals surface area contributed by atoms with Crippen LogP contribution in [0.25, 0.3) is 11.0 Å². The van der Waals surface area contributed by atoms with Crippen LogP contribution >= 0.6 is 0 Å². The smallest absolute Gasteiger partial charge is 0.410 e. The normalized spacial score (nSPS) is 21.6. The van der Waals surface area contributed by atoms with E-state index in [1.807, 2.05) is 50.8 Å². The average molecular weight is 415 g/mol. The Bertz CT molecular complexity index is 974. The topological polar surface area (TPSA) is 72.2 Å². The first kappa shape index (κ1) is 20.6. The quantitative estimate of drug-likeness (QED) is 0.740. The predicted octanol–water partition coefficient (Wildman–Crippen LogP) is 4.08. The zero-order valence-corrected chi connectivity index (χ0v) is 18.4. The van der Waals surface area contributed by atoms with Crippen molar-refractivity contribution in [2.75, 3.05) is 33.3 Å². The molecule has 0 saturated carbocycles. The van der Waals surface area contributed by atoms with Gasteiger partial charge in [0.2, 0.25) is 0 Å². The largest absolute Gasteiger partial charge is 0.497 e. The molecule has 3 heterocycles. The van der Waals surface area contributed by atoms with Crippen molar-refractivity contribution in [3.8, 4) is 5.75 Å². The lowest BCUT2D eigenvalue weighted by atomic mass is 9.88. The van der Waals surface area contributed by atoms with E-state index < -0.39 is 5.60 Å². The Kier molecular flexibility index (Phi) is 5.16. The standard InChI is InChI=1S/C23H30N2O5/c1-14-18-10-17(28-5)6-7-19(18)29-20(14)21(26)24-9-8-15-11-25(13-16(15)12-24)22(27)30-23(2,3)4/h6-7,10,15-16H,8-9,11-13H2,1-5H3. The molecule has 162 valence electrons. The van der Waals surface area contributed by atoms with Crippen LogP contribution in [0.15, 0.2) is 22.6 Å². The van der Waals surface area contributed by atoms with Crippen LogP contribution in [0.2, 0.25) is 0 Å². The zero-order valence-electron chi connectivity index (χ0n) is 18.4. The minimum Gasteiger partial charge on any atom is -0.497 e. The summed E-state index contributed by atoms with van der Waals surface area (Å²) in [5.41, 5.74) is 1.01. The number of carbonyl (C=O) groups excluding carboxylic acids is 2. The van der Waals surface area contributed by atoms with E-state index >= 15 is 0 Å². The van der Waals surface area contributed by atoms with Crippen molar-refractivity contribution in [1.82, 2.24) is 9.80 Å². The number of benzene rings is 1. The molecule has 2 saturated heterocycles. The highest BCUT2D eigenvalue weighted by atomic mass is 16.6. The molecule has 1 aromatic heterocycles. The summed E-state index contributed by atoms with van der Waals surface area (Å²) >= 11 is 0. The molecule has 2 unspecified atom stereocenters. The summed E-state index contributed by atoms with van der Waals surface area (Å²) < 4.78 is 16.7. The van der Waals surface area contributed by atoms with Crippen LogP contribution in [0, 0.1) is 18.8 Å². The minimum atomic E-state index is -0.506. The number of piperidine rings is 1. The van der Waals surface area contributed by atoms with Crippen molar-refractivity contribution in [3.05, 3.63) is 29.5 Å². The summed E-state index contributed by atoms with van der Waals surface area (Å²) in [7, 11) is 1.62. The van der Waals surface area contributed by atoms with Gasteiger partial charge in [-0.25, -0.2) is 4.79 Å². The Hall–Kier alpha value is -2.70. The van der Waals surface area contributed by atoms with E-state index in [0.717, 1.165) is 23.1 Å². The Morgan fingerprint density at radius 2 is 1.80 bits per heavy atom. The van der Waals surface area contributed by atoms with Crippen LogP contribution in [0.5, 0.6) is 5.75 Å². The van der Waals surface area contributed by atoms with E-state index in [9.17, 15) is 9.59 Å². The summed E-state index contributed by atoms with van der Waals surface area (Å²) in [5, 5.41) is 0.893. The summed E-state index contributed by atoms with van der Waals surface area (Å²) in [6.07, 6.45) is 0.611. The van der Waals surface area contributed by atoms with Gasteiger partial charge in [0.1, 0.15) is 16.9 Å². The molecule has 7 nitrogen and oxygen atoms in total. The molecule has 2 amide bonds. The van der Waals surface area contributed by atoms with Gasteiger partial charge in [0.25, 0.3) is 5.91 Å². The molecule has 2 fully saturated rings. The third-order valence-corrected chi connectivity index (χ3v) is 6.08. The van der Waals surface area contributed by atoms with Crippen LogP contribution in [0.3, 0.4) is 0 Å². The number of methoxy groups -OCH3 is 1. The van der Waals surface area contributed by atoms with Gasteiger partial charge in [-0.1, -0.05) is 0 Å². The molecule has 0 spiro atoms. The molecule has 2 aliphatic rings. The van der Waals surface area contributed by atoms with Crippen molar-refractivity contribution < 1.29 is 23.5 Å². The number of nitrogens with zero attached hydrogens (tertiary/aromatic N) is 2. The van der Waals surface area contributed by atoms with Gasteiger partial charge in [0.15, 0.2) is 5.76 Å². The molecule has 0 bridgehead atoms. The molecule has 1 aromatic carbocycles. The highest BCUT2D eigenvalue weighted by Gasteiger charge is 2.41. The summed E-state index contributed by atoms with van der Waals surface area (Å²) in [5.74, 6) is 1.71. The first-order chi connectivity index (χ1) is 14.2. The number of ether oxygens (including phenoxy) is 2. The van der Waals surface area contributed by atoms with Crippen molar-refractivity contribution in [2.45, 2.75) is 39.7 Å². The van der Waals surface area contributed by atoms with Crippen molar-refractivity contribution in [1.29, 1.82) is 0 Å². The first-order valence-corrected chi connectivity index (χ1v) is 10.5. The molecular formula is C23H30N2O5. The van der Waals surface area contributed by atoms with E-state index in [-0.39, 0.29) is 17.9 Å². The van der Waals surface area contributed by atoms with Gasteiger partial charge in [0, 0.05) is 37.1 Å². The molecule has 2 atom stereocenters. The monoisotopic (exact) mass is 414 g/mol. The van der Waals surface area contributed by atoms with Crippen molar-refractivity contribution in [2.24, 2.45) is 11.8 Å². The Morgan fingerprint density at radius 3 is 2.50 bits per heavy atom. The number of likely N-dealkylation sites (tertiary alicyclic amines) is 2. The third-order valence-electron chi connectivity index (χ3n) is 6.08. The van der Waals surface area contributed by atoms with Gasteiger partial charge < -0.3 is 23.7 Å². The fourth-order valence-electron chi connectivity index (χ4n) is 4.50. The summed E-state index contributed by atoms with van der Waals surface area (Å²) in [6.45, 7) is 10.2. The van der Waals surface area contributed by atoms with Crippen LogP contribution in [0.1, 0.15) is 43.3 Å². The maximum Gasteiger partial charge on any atom is 0.410 e. The second-order valence-electron chi connectivity index (χ2n) is 9.36. The fraction of sp³-hybridized carbons (Fsp3) is 0.565. The number of amides is 2. The number of furan rings is 1. The zero-order chi connectivity index (χ0) is 21.6. The van der Waals surface area contributed by atoms with Crippen molar-refractivity contribution >= 4 is 23.0 Å². The van der Waals surface area contributed by atoms with E-state index in [1.165, 1.54) is 0 Å². The number of fused-ring (bicyclic) bond motifs is 2. The summed E-state index contributed by atoms with van der Waals surface area (Å²) in [4.78, 5) is 29.3. The number of hydrogen-bond acceptors (Lipinski definition) is 5. The summed E-state index contributed by atoms with van der Waals surface area (Å²) in [6, 6.07) is 5.56. The average Bonchev–Trinajstić information content (AvgIpc) is 3.26. The van der Waals surface area contributed by atoms with Crippen LogP contribution in [-0.2, 0) is 4.74 Å². The molecule has 7 heteroatoms. The van der Waals surface area contributed by atoms with Crippen molar-refractivity contribution in [3.63, 3.8) is 0 Å². The Labute approximate surface area is 176 Å². The van der Waals surface area contributed by atoms with Gasteiger partial charge in [-0.2, -0.15) is 0 Å². The molecular weight excluding hydrogens is 384 g/mol. The number of rotatable bonds is 2. The highest BCUT2D eigenvalue weighted by Crippen LogP contribution is 2.34. The predicted molar refractivity (Wildman–Crippen MR) is 113 cm³/mol. The lowest BCUT2D eigenvalue weighted by Gasteiger charge is -2.33. The molecule has 0 aliphatic carbocycles. The van der Waals surface area contributed by atoms with Gasteiger partial charge in [-0.15, -0.1) is 0 Å². The third kappa shape index (κ3) is 3.85. The van der Waals surface area contributed by atoms with Crippen LogP contribution in [-0.4, -0.2) is 60.7 Å². The lowest BCUT2D eigenvalue weighted by Crippen LogP contribution is -2.43. The first-order valence-electron chi connectivity index (χ1n) is 10.5. The second-order valence-corrected chi connectivity index (χ2v) is 9.36. The molecule has 0 radical (unpaired) electrons. The number of carbonyl (C=O) groups is 2. The van der Waals surface area contributed by atoms with E-state index in [1.54, 1.807) is 12.0 Å². The number of aryl methyl sites for hydroxylation is 1. The maximum atomic E-state index is 13.2. The van der Waals surface area contributed by atoms with Gasteiger partial charge in [-0.05, 0) is 64.2 Å². The second kappa shape index (κ2) is 7.52. The Balaban J connectivity index is 1.47. The molecule has 0 N–H and O–H groups in total. The van der Waals surface area contributed by atoms with Gasteiger partial charge in [-0.3, -0.25) is 4.79 Å². The van der Waals surface area contributed by atoms with E-state index in [4.69, 9.17) is 13.9 Å². The van der Waals surface area contributed by atoms with E-state index in [2.05, 4.69) is 0 Å². The SMILES string of the molecule is COc1ccc2oc(C(=O)N3CCC4CN(C(=O)OC(C)(C)C)CC4C3)c(C)c2c1.